The second-order valence-corrected chi connectivity index (χ2v) is 13.7. The van der Waals surface area contributed by atoms with Crippen LogP contribution in [0.5, 0.6) is 0 Å². The van der Waals surface area contributed by atoms with Crippen LogP contribution >= 0.6 is 0 Å². The molecule has 0 bridgehead atoms. The Morgan fingerprint density at radius 2 is 0.833 bits per heavy atom. The number of carbonyl (C=O) groups is 2. The van der Waals surface area contributed by atoms with Crippen molar-refractivity contribution in [1.82, 2.24) is 0 Å². The van der Waals surface area contributed by atoms with Gasteiger partial charge in [-0.25, -0.2) is 0 Å². The lowest BCUT2D eigenvalue weighted by Crippen LogP contribution is -2.28. The summed E-state index contributed by atoms with van der Waals surface area (Å²) >= 11 is 0. The van der Waals surface area contributed by atoms with Crippen molar-refractivity contribution < 1.29 is 24.2 Å². The van der Waals surface area contributed by atoms with Crippen LogP contribution in [-0.2, 0) is 19.1 Å². The Morgan fingerprint density at radius 1 is 0.479 bits per heavy atom. The third kappa shape index (κ3) is 36.9. The molecule has 0 aromatic rings. The van der Waals surface area contributed by atoms with Gasteiger partial charge in [-0.3, -0.25) is 9.59 Å². The number of unbranched alkanes of at least 4 members (excludes halogenated alkanes) is 23. The molecule has 1 N–H and O–H groups in total. The molecule has 0 aliphatic carbocycles. The first-order valence-corrected chi connectivity index (χ1v) is 20.5. The lowest BCUT2D eigenvalue weighted by Gasteiger charge is -2.15. The summed E-state index contributed by atoms with van der Waals surface area (Å²) in [6, 6.07) is 0. The Balaban J connectivity index is 3.57. The van der Waals surface area contributed by atoms with E-state index in [2.05, 4.69) is 50.3 Å². The van der Waals surface area contributed by atoms with Gasteiger partial charge in [0.2, 0.25) is 0 Å². The van der Waals surface area contributed by atoms with E-state index in [1.54, 1.807) is 0 Å². The lowest BCUT2D eigenvalue weighted by atomic mass is 10.0. The Bertz CT molecular complexity index is 771. The number of aliphatic hydroxyl groups excluding tert-OH is 1. The highest BCUT2D eigenvalue weighted by Crippen LogP contribution is 2.15. The van der Waals surface area contributed by atoms with Crippen LogP contribution in [0.4, 0.5) is 0 Å². The molecule has 5 heteroatoms. The highest BCUT2D eigenvalue weighted by Gasteiger charge is 2.16. The summed E-state index contributed by atoms with van der Waals surface area (Å²) in [6.07, 6.45) is 47.8. The largest absolute Gasteiger partial charge is 0.462 e. The average Bonchev–Trinajstić information content (AvgIpc) is 3.09. The van der Waals surface area contributed by atoms with Gasteiger partial charge >= 0.3 is 11.9 Å². The molecule has 0 saturated carbocycles. The van der Waals surface area contributed by atoms with Crippen LogP contribution in [-0.4, -0.2) is 36.4 Å². The van der Waals surface area contributed by atoms with Crippen molar-refractivity contribution in [3.63, 3.8) is 0 Å². The zero-order valence-corrected chi connectivity index (χ0v) is 31.7. The number of rotatable bonds is 37. The normalized spacial score (nSPS) is 12.5. The van der Waals surface area contributed by atoms with Gasteiger partial charge in [-0.05, 0) is 51.4 Å². The van der Waals surface area contributed by atoms with Gasteiger partial charge in [0.1, 0.15) is 6.61 Å². The highest BCUT2D eigenvalue weighted by molar-refractivity contribution is 5.70. The van der Waals surface area contributed by atoms with Crippen LogP contribution in [0.3, 0.4) is 0 Å². The van der Waals surface area contributed by atoms with Crippen LogP contribution in [0.1, 0.15) is 206 Å². The van der Waals surface area contributed by atoms with E-state index in [-0.39, 0.29) is 25.2 Å². The van der Waals surface area contributed by atoms with E-state index < -0.39 is 6.10 Å². The van der Waals surface area contributed by atoms with Gasteiger partial charge < -0.3 is 14.6 Å². The Kier molecular flexibility index (Phi) is 38.0. The molecule has 0 aromatic carbocycles. The molecule has 0 aromatic heterocycles. The van der Waals surface area contributed by atoms with Gasteiger partial charge in [0, 0.05) is 12.8 Å². The van der Waals surface area contributed by atoms with Gasteiger partial charge in [-0.2, -0.15) is 0 Å². The smallest absolute Gasteiger partial charge is 0.306 e. The summed E-state index contributed by atoms with van der Waals surface area (Å²) in [4.78, 5) is 24.2. The number of allylic oxidation sites excluding steroid dienone is 6. The van der Waals surface area contributed by atoms with Crippen molar-refractivity contribution >= 4 is 11.9 Å². The predicted octanol–water partition coefficient (Wildman–Crippen LogP) is 12.8. The molecule has 280 valence electrons. The fourth-order valence-electron chi connectivity index (χ4n) is 5.80. The molecule has 0 spiro atoms. The standard InChI is InChI=1S/C43H78O5/c1-3-5-7-9-11-13-15-17-19-20-21-22-24-26-28-30-32-34-36-38-43(46)48-41(39-44)40-47-42(45)37-35-33-31-29-27-25-23-18-16-14-12-10-8-6-4-2/h12,14,18,23,27,29,41,44H,3-11,13,15-17,19-22,24-26,28,30-40H2,1-2H3/t41-/m0/s1. The number of ether oxygens (including phenoxy) is 2. The van der Waals surface area contributed by atoms with Gasteiger partial charge in [0.25, 0.3) is 0 Å². The van der Waals surface area contributed by atoms with E-state index in [4.69, 9.17) is 9.47 Å². The number of esters is 2. The van der Waals surface area contributed by atoms with Gasteiger partial charge in [-0.1, -0.05) is 179 Å². The molecule has 0 radical (unpaired) electrons. The van der Waals surface area contributed by atoms with Gasteiger partial charge in [0.05, 0.1) is 6.61 Å². The molecule has 0 aliphatic rings. The molecule has 0 heterocycles. The maximum atomic E-state index is 12.2. The van der Waals surface area contributed by atoms with E-state index in [1.165, 1.54) is 128 Å². The van der Waals surface area contributed by atoms with Crippen LogP contribution in [0, 0.1) is 0 Å². The molecule has 0 fully saturated rings. The fourth-order valence-corrected chi connectivity index (χ4v) is 5.80. The Morgan fingerprint density at radius 3 is 1.29 bits per heavy atom. The van der Waals surface area contributed by atoms with Crippen molar-refractivity contribution in [1.29, 1.82) is 0 Å². The molecule has 5 nitrogen and oxygen atoms in total. The van der Waals surface area contributed by atoms with E-state index in [1.807, 2.05) is 0 Å². The molecule has 48 heavy (non-hydrogen) atoms. The molecule has 0 saturated heterocycles. The summed E-state index contributed by atoms with van der Waals surface area (Å²) in [6.45, 7) is 4.09. The summed E-state index contributed by atoms with van der Waals surface area (Å²) < 4.78 is 10.6. The topological polar surface area (TPSA) is 72.8 Å². The summed E-state index contributed by atoms with van der Waals surface area (Å²) in [5, 5.41) is 9.55. The molecule has 0 unspecified atom stereocenters. The van der Waals surface area contributed by atoms with Crippen molar-refractivity contribution in [2.75, 3.05) is 13.2 Å². The molecule has 0 amide bonds. The fraction of sp³-hybridized carbons (Fsp3) is 0.814. The zero-order chi connectivity index (χ0) is 35.0. The van der Waals surface area contributed by atoms with E-state index >= 15 is 0 Å². The Labute approximate surface area is 297 Å². The molecular formula is C43H78O5. The van der Waals surface area contributed by atoms with Gasteiger partial charge in [-0.15, -0.1) is 0 Å². The minimum absolute atomic E-state index is 0.0829. The predicted molar refractivity (Wildman–Crippen MR) is 205 cm³/mol. The molecule has 1 atom stereocenters. The SMILES string of the molecule is CCCCCC=CCC=CCC=CCCCCC(=O)OC[C@H](CO)OC(=O)CCCCCCCCCCCCCCCCCCCCC. The van der Waals surface area contributed by atoms with E-state index in [0.717, 1.165) is 51.4 Å². The first-order valence-electron chi connectivity index (χ1n) is 20.5. The lowest BCUT2D eigenvalue weighted by molar-refractivity contribution is -0.161. The second-order valence-electron chi connectivity index (χ2n) is 13.7. The first kappa shape index (κ1) is 46.1. The Hall–Kier alpha value is -1.88. The van der Waals surface area contributed by atoms with E-state index in [9.17, 15) is 14.7 Å². The van der Waals surface area contributed by atoms with Crippen LogP contribution in [0.15, 0.2) is 36.5 Å². The number of hydrogen-bond acceptors (Lipinski definition) is 5. The molecule has 0 rings (SSSR count). The second kappa shape index (κ2) is 39.6. The number of aliphatic hydroxyl groups is 1. The van der Waals surface area contributed by atoms with E-state index in [0.29, 0.717) is 12.8 Å². The number of hydrogen-bond donors (Lipinski definition) is 1. The maximum absolute atomic E-state index is 12.2. The molecular weight excluding hydrogens is 596 g/mol. The minimum atomic E-state index is -0.783. The first-order chi connectivity index (χ1) is 23.6. The average molecular weight is 675 g/mol. The number of carbonyl (C=O) groups excluding carboxylic acids is 2. The van der Waals surface area contributed by atoms with Crippen molar-refractivity contribution in [2.24, 2.45) is 0 Å². The van der Waals surface area contributed by atoms with Crippen LogP contribution in [0.2, 0.25) is 0 Å². The monoisotopic (exact) mass is 675 g/mol. The third-order valence-corrected chi connectivity index (χ3v) is 8.94. The van der Waals surface area contributed by atoms with Crippen LogP contribution in [0.25, 0.3) is 0 Å². The maximum Gasteiger partial charge on any atom is 0.306 e. The van der Waals surface area contributed by atoms with Crippen molar-refractivity contribution in [3.8, 4) is 0 Å². The quantitative estimate of drug-likeness (QED) is 0.0403. The van der Waals surface area contributed by atoms with Crippen LogP contribution < -0.4 is 0 Å². The third-order valence-electron chi connectivity index (χ3n) is 8.94. The highest BCUT2D eigenvalue weighted by atomic mass is 16.6. The minimum Gasteiger partial charge on any atom is -0.462 e. The van der Waals surface area contributed by atoms with Crippen molar-refractivity contribution in [3.05, 3.63) is 36.5 Å². The molecule has 0 aliphatic heterocycles. The van der Waals surface area contributed by atoms with Crippen molar-refractivity contribution in [2.45, 2.75) is 213 Å². The summed E-state index contributed by atoms with van der Waals surface area (Å²) in [5.74, 6) is -0.629. The summed E-state index contributed by atoms with van der Waals surface area (Å²) in [7, 11) is 0. The zero-order valence-electron chi connectivity index (χ0n) is 31.7. The summed E-state index contributed by atoms with van der Waals surface area (Å²) in [5.41, 5.74) is 0. The van der Waals surface area contributed by atoms with Gasteiger partial charge in [0.15, 0.2) is 6.10 Å².